The van der Waals surface area contributed by atoms with E-state index in [0.29, 0.717) is 0 Å². The van der Waals surface area contributed by atoms with Crippen LogP contribution in [0.3, 0.4) is 0 Å². The Morgan fingerprint density at radius 1 is 1.10 bits per heavy atom. The van der Waals surface area contributed by atoms with Crippen molar-refractivity contribution in [3.63, 3.8) is 0 Å². The van der Waals surface area contributed by atoms with Gasteiger partial charge in [0.1, 0.15) is 0 Å². The third-order valence-corrected chi connectivity index (χ3v) is 4.41. The minimum Gasteiger partial charge on any atom is -0.306 e. The van der Waals surface area contributed by atoms with Gasteiger partial charge in [0, 0.05) is 4.83 Å². The fraction of sp³-hybridized carbons (Fsp3) is 0.188. The highest BCUT2D eigenvalue weighted by atomic mass is 79.9. The van der Waals surface area contributed by atoms with Crippen LogP contribution in [0.1, 0.15) is 21.5 Å². The van der Waals surface area contributed by atoms with Crippen LogP contribution in [0.2, 0.25) is 0 Å². The first kappa shape index (κ1) is 13.2. The lowest BCUT2D eigenvalue weighted by atomic mass is 10.0. The van der Waals surface area contributed by atoms with Gasteiger partial charge in [0.2, 0.25) is 0 Å². The molecule has 0 amide bonds. The molecular formula is C16H15BrN2O. The van der Waals surface area contributed by atoms with Gasteiger partial charge in [-0.2, -0.15) is 0 Å². The molecule has 20 heavy (non-hydrogen) atoms. The van der Waals surface area contributed by atoms with Crippen molar-refractivity contribution < 1.29 is 0 Å². The molecule has 1 unspecified atom stereocenters. The quantitative estimate of drug-likeness (QED) is 0.704. The minimum atomic E-state index is -0.165. The Hall–Kier alpha value is -1.81. The Morgan fingerprint density at radius 2 is 1.85 bits per heavy atom. The average molecular weight is 331 g/mol. The van der Waals surface area contributed by atoms with E-state index in [-0.39, 0.29) is 10.5 Å². The van der Waals surface area contributed by atoms with Gasteiger partial charge in [0.15, 0.2) is 0 Å². The van der Waals surface area contributed by atoms with Gasteiger partial charge >= 0.3 is 5.69 Å². The predicted molar refractivity (Wildman–Crippen MR) is 85.5 cm³/mol. The molecule has 4 heteroatoms. The Labute approximate surface area is 125 Å². The van der Waals surface area contributed by atoms with Crippen molar-refractivity contribution in [1.82, 2.24) is 9.97 Å². The number of aromatic amines is 2. The lowest BCUT2D eigenvalue weighted by molar-refractivity contribution is 0.940. The molecule has 1 atom stereocenters. The van der Waals surface area contributed by atoms with Gasteiger partial charge in [-0.05, 0) is 42.2 Å². The molecule has 3 aromatic rings. The molecule has 3 nitrogen and oxygen atoms in total. The summed E-state index contributed by atoms with van der Waals surface area (Å²) in [7, 11) is 0. The summed E-state index contributed by atoms with van der Waals surface area (Å²) in [5.41, 5.74) is 5.32. The first-order valence-corrected chi connectivity index (χ1v) is 7.45. The highest BCUT2D eigenvalue weighted by Gasteiger charge is 2.11. The Balaban J connectivity index is 1.90. The molecule has 3 rings (SSSR count). The summed E-state index contributed by atoms with van der Waals surface area (Å²) in [6.45, 7) is 2.13. The van der Waals surface area contributed by atoms with E-state index >= 15 is 0 Å². The van der Waals surface area contributed by atoms with Crippen molar-refractivity contribution in [2.75, 3.05) is 0 Å². The van der Waals surface area contributed by atoms with Crippen molar-refractivity contribution in [3.05, 3.63) is 69.6 Å². The third kappa shape index (κ3) is 2.56. The van der Waals surface area contributed by atoms with E-state index in [9.17, 15) is 4.79 Å². The van der Waals surface area contributed by atoms with E-state index < -0.39 is 0 Å². The van der Waals surface area contributed by atoms with E-state index in [0.717, 1.165) is 23.0 Å². The number of alkyl halides is 1. The maximum atomic E-state index is 11.3. The lowest BCUT2D eigenvalue weighted by Gasteiger charge is -2.12. The summed E-state index contributed by atoms with van der Waals surface area (Å²) in [5, 5.41) is 0. The predicted octanol–water partition coefficient (Wildman–Crippen LogP) is 3.84. The summed E-state index contributed by atoms with van der Waals surface area (Å²) < 4.78 is 0. The van der Waals surface area contributed by atoms with Crippen LogP contribution in [0.15, 0.2) is 47.3 Å². The summed E-state index contributed by atoms with van der Waals surface area (Å²) >= 11 is 3.75. The van der Waals surface area contributed by atoms with Crippen LogP contribution in [0, 0.1) is 6.92 Å². The zero-order chi connectivity index (χ0) is 14.1. The van der Waals surface area contributed by atoms with E-state index in [1.54, 1.807) is 0 Å². The highest BCUT2D eigenvalue weighted by Crippen LogP contribution is 2.29. The summed E-state index contributed by atoms with van der Waals surface area (Å²) in [5.74, 6) is 0. The number of rotatable bonds is 3. The van der Waals surface area contributed by atoms with E-state index in [4.69, 9.17) is 0 Å². The van der Waals surface area contributed by atoms with E-state index in [2.05, 4.69) is 57.1 Å². The number of aryl methyl sites for hydroxylation is 1. The second-order valence-electron chi connectivity index (χ2n) is 4.98. The molecule has 1 aromatic heterocycles. The van der Waals surface area contributed by atoms with Gasteiger partial charge < -0.3 is 9.97 Å². The van der Waals surface area contributed by atoms with Crippen molar-refractivity contribution in [3.8, 4) is 0 Å². The van der Waals surface area contributed by atoms with Gasteiger partial charge in [0.05, 0.1) is 11.0 Å². The van der Waals surface area contributed by atoms with Crippen LogP contribution in [0.5, 0.6) is 0 Å². The maximum absolute atomic E-state index is 11.3. The number of aromatic nitrogens is 2. The van der Waals surface area contributed by atoms with Crippen molar-refractivity contribution >= 4 is 27.0 Å². The molecule has 0 fully saturated rings. The Morgan fingerprint density at radius 3 is 2.65 bits per heavy atom. The fourth-order valence-electron chi connectivity index (χ4n) is 2.40. The van der Waals surface area contributed by atoms with Gasteiger partial charge in [-0.25, -0.2) is 4.79 Å². The number of hydrogen-bond acceptors (Lipinski definition) is 1. The van der Waals surface area contributed by atoms with Crippen LogP contribution in [-0.4, -0.2) is 9.97 Å². The van der Waals surface area contributed by atoms with Gasteiger partial charge in [-0.3, -0.25) is 0 Å². The maximum Gasteiger partial charge on any atom is 0.323 e. The monoisotopic (exact) mass is 330 g/mol. The normalized spacial score (nSPS) is 12.7. The highest BCUT2D eigenvalue weighted by molar-refractivity contribution is 9.09. The molecule has 0 spiro atoms. The van der Waals surface area contributed by atoms with Crippen LogP contribution in [-0.2, 0) is 6.42 Å². The largest absolute Gasteiger partial charge is 0.323 e. The second-order valence-corrected chi connectivity index (χ2v) is 6.09. The molecule has 2 aromatic carbocycles. The molecule has 0 aliphatic rings. The number of fused-ring (bicyclic) bond motifs is 1. The molecule has 102 valence electrons. The van der Waals surface area contributed by atoms with Crippen molar-refractivity contribution in [1.29, 1.82) is 0 Å². The molecule has 0 saturated carbocycles. The Bertz CT molecular complexity index is 803. The zero-order valence-electron chi connectivity index (χ0n) is 11.1. The summed E-state index contributed by atoms with van der Waals surface area (Å²) in [4.78, 5) is 17.1. The second kappa shape index (κ2) is 5.29. The third-order valence-electron chi connectivity index (χ3n) is 3.56. The molecule has 0 aliphatic heterocycles. The van der Waals surface area contributed by atoms with E-state index in [1.807, 2.05) is 18.2 Å². The summed E-state index contributed by atoms with van der Waals surface area (Å²) in [6, 6.07) is 14.4. The number of imidazole rings is 1. The molecular weight excluding hydrogens is 316 g/mol. The molecule has 0 radical (unpaired) electrons. The smallest absolute Gasteiger partial charge is 0.306 e. The van der Waals surface area contributed by atoms with Gasteiger partial charge in [-0.1, -0.05) is 46.3 Å². The Kier molecular flexibility index (Phi) is 3.49. The van der Waals surface area contributed by atoms with Crippen LogP contribution in [0.4, 0.5) is 0 Å². The number of halogens is 1. The zero-order valence-corrected chi connectivity index (χ0v) is 12.7. The molecule has 0 aliphatic carbocycles. The standard InChI is InChI=1S/C16H15BrN2O/c1-10-4-2-3-5-11(10)8-13(17)12-6-7-14-15(9-12)19-16(20)18-14/h2-7,9,13H,8H2,1H3,(H2,18,19,20). The molecule has 0 bridgehead atoms. The number of nitrogens with one attached hydrogen (secondary N) is 2. The van der Waals surface area contributed by atoms with Crippen molar-refractivity contribution in [2.45, 2.75) is 18.2 Å². The molecule has 1 heterocycles. The molecule has 0 saturated heterocycles. The van der Waals surface area contributed by atoms with Gasteiger partial charge in [-0.15, -0.1) is 0 Å². The topological polar surface area (TPSA) is 48.6 Å². The minimum absolute atomic E-state index is 0.165. The average Bonchev–Trinajstić information content (AvgIpc) is 2.80. The lowest BCUT2D eigenvalue weighted by Crippen LogP contribution is -1.99. The fourth-order valence-corrected chi connectivity index (χ4v) is 3.03. The van der Waals surface area contributed by atoms with Gasteiger partial charge in [0.25, 0.3) is 0 Å². The number of H-pyrrole nitrogens is 2. The SMILES string of the molecule is Cc1ccccc1CC(Br)c1ccc2[nH]c(=O)[nH]c2c1. The number of benzene rings is 2. The van der Waals surface area contributed by atoms with E-state index in [1.165, 1.54) is 11.1 Å². The van der Waals surface area contributed by atoms with Crippen molar-refractivity contribution in [2.24, 2.45) is 0 Å². The van der Waals surface area contributed by atoms with Crippen LogP contribution < -0.4 is 5.69 Å². The molecule has 2 N–H and O–H groups in total. The number of hydrogen-bond donors (Lipinski definition) is 2. The first-order chi connectivity index (χ1) is 9.63. The van der Waals surface area contributed by atoms with Crippen LogP contribution >= 0.6 is 15.9 Å². The summed E-state index contributed by atoms with van der Waals surface area (Å²) in [6.07, 6.45) is 0.923. The first-order valence-electron chi connectivity index (χ1n) is 6.54. The van der Waals surface area contributed by atoms with Crippen LogP contribution in [0.25, 0.3) is 11.0 Å².